The van der Waals surface area contributed by atoms with Crippen LogP contribution >= 0.6 is 0 Å². The van der Waals surface area contributed by atoms with Gasteiger partial charge in [-0.15, -0.1) is 0 Å². The third-order valence-corrected chi connectivity index (χ3v) is 6.23. The molecule has 0 bridgehead atoms. The SMILES string of the molecule is CCC(CCCC(CCCC(C)C(=O)OC(C)(C)C)c1ccccc1)c1ccc(O)cc1. The summed E-state index contributed by atoms with van der Waals surface area (Å²) in [5, 5.41) is 9.57. The first-order chi connectivity index (χ1) is 15.2. The highest BCUT2D eigenvalue weighted by Crippen LogP contribution is 2.32. The molecule has 3 nitrogen and oxygen atoms in total. The van der Waals surface area contributed by atoms with Gasteiger partial charge in [0.05, 0.1) is 5.92 Å². The van der Waals surface area contributed by atoms with Crippen molar-refractivity contribution >= 4 is 5.97 Å². The van der Waals surface area contributed by atoms with Crippen molar-refractivity contribution in [3.05, 3.63) is 65.7 Å². The van der Waals surface area contributed by atoms with E-state index in [9.17, 15) is 9.90 Å². The summed E-state index contributed by atoms with van der Waals surface area (Å²) in [7, 11) is 0. The van der Waals surface area contributed by atoms with E-state index in [4.69, 9.17) is 4.74 Å². The van der Waals surface area contributed by atoms with Crippen molar-refractivity contribution in [3.8, 4) is 5.75 Å². The second-order valence-electron chi connectivity index (χ2n) is 10.1. The van der Waals surface area contributed by atoms with Crippen LogP contribution in [0.3, 0.4) is 0 Å². The molecule has 176 valence electrons. The number of rotatable bonds is 12. The van der Waals surface area contributed by atoms with Crippen LogP contribution in [0.25, 0.3) is 0 Å². The summed E-state index contributed by atoms with van der Waals surface area (Å²) in [6, 6.07) is 18.5. The van der Waals surface area contributed by atoms with Crippen molar-refractivity contribution in [2.75, 3.05) is 0 Å². The normalized spacial score (nSPS) is 14.5. The number of benzene rings is 2. The molecule has 3 atom stereocenters. The monoisotopic (exact) mass is 438 g/mol. The van der Waals surface area contributed by atoms with Crippen molar-refractivity contribution < 1.29 is 14.6 Å². The van der Waals surface area contributed by atoms with Gasteiger partial charge in [0.25, 0.3) is 0 Å². The third kappa shape index (κ3) is 9.06. The third-order valence-electron chi connectivity index (χ3n) is 6.23. The Morgan fingerprint density at radius 1 is 0.844 bits per heavy atom. The van der Waals surface area contributed by atoms with Crippen molar-refractivity contribution in [1.29, 1.82) is 0 Å². The van der Waals surface area contributed by atoms with Gasteiger partial charge in [0.15, 0.2) is 0 Å². The Kier molecular flexibility index (Phi) is 10.3. The van der Waals surface area contributed by atoms with E-state index in [2.05, 4.69) is 49.4 Å². The molecule has 2 rings (SSSR count). The molecule has 0 radical (unpaired) electrons. The number of hydrogen-bond donors (Lipinski definition) is 1. The van der Waals surface area contributed by atoms with Crippen LogP contribution in [0.4, 0.5) is 0 Å². The molecule has 0 amide bonds. The van der Waals surface area contributed by atoms with Gasteiger partial charge in [0.2, 0.25) is 0 Å². The molecule has 0 aromatic heterocycles. The summed E-state index contributed by atoms with van der Waals surface area (Å²) in [6.07, 6.45) is 7.55. The molecule has 0 aliphatic rings. The zero-order valence-corrected chi connectivity index (χ0v) is 20.6. The predicted octanol–water partition coefficient (Wildman–Crippen LogP) is 7.99. The summed E-state index contributed by atoms with van der Waals surface area (Å²) in [5.41, 5.74) is 2.29. The lowest BCUT2D eigenvalue weighted by Gasteiger charge is -2.23. The highest BCUT2D eigenvalue weighted by atomic mass is 16.6. The van der Waals surface area contributed by atoms with E-state index in [1.54, 1.807) is 12.1 Å². The van der Waals surface area contributed by atoms with Crippen molar-refractivity contribution in [1.82, 2.24) is 0 Å². The quantitative estimate of drug-likeness (QED) is 0.342. The molecular weight excluding hydrogens is 396 g/mol. The Bertz CT molecular complexity index is 789. The zero-order chi connectivity index (χ0) is 23.6. The molecule has 32 heavy (non-hydrogen) atoms. The maximum absolute atomic E-state index is 12.3. The van der Waals surface area contributed by atoms with Gasteiger partial charge in [-0.05, 0) is 88.0 Å². The minimum absolute atomic E-state index is 0.0652. The molecule has 0 heterocycles. The van der Waals surface area contributed by atoms with Gasteiger partial charge in [-0.3, -0.25) is 4.79 Å². The molecule has 3 heteroatoms. The maximum Gasteiger partial charge on any atom is 0.309 e. The van der Waals surface area contributed by atoms with Crippen molar-refractivity contribution in [3.63, 3.8) is 0 Å². The lowest BCUT2D eigenvalue weighted by molar-refractivity contribution is -0.159. The molecule has 2 aromatic carbocycles. The average Bonchev–Trinajstić information content (AvgIpc) is 2.75. The average molecular weight is 439 g/mol. The van der Waals surface area contributed by atoms with Crippen LogP contribution in [-0.2, 0) is 9.53 Å². The zero-order valence-electron chi connectivity index (χ0n) is 20.6. The van der Waals surface area contributed by atoms with Gasteiger partial charge in [0.1, 0.15) is 11.4 Å². The molecular formula is C29H42O3. The van der Waals surface area contributed by atoms with Crippen LogP contribution < -0.4 is 0 Å². The maximum atomic E-state index is 12.3. The van der Waals surface area contributed by atoms with E-state index in [-0.39, 0.29) is 11.9 Å². The molecule has 0 aliphatic heterocycles. The van der Waals surface area contributed by atoms with Gasteiger partial charge in [-0.1, -0.05) is 69.2 Å². The van der Waals surface area contributed by atoms with Gasteiger partial charge in [0, 0.05) is 0 Å². The number of ether oxygens (including phenoxy) is 1. The summed E-state index contributed by atoms with van der Waals surface area (Å²) in [6.45, 7) is 9.99. The fourth-order valence-electron chi connectivity index (χ4n) is 4.36. The molecule has 1 N–H and O–H groups in total. The van der Waals surface area contributed by atoms with Gasteiger partial charge in [-0.2, -0.15) is 0 Å². The second kappa shape index (κ2) is 12.7. The van der Waals surface area contributed by atoms with Crippen LogP contribution in [0.5, 0.6) is 5.75 Å². The first-order valence-corrected chi connectivity index (χ1v) is 12.3. The number of aromatic hydroxyl groups is 1. The Balaban J connectivity index is 1.90. The number of carbonyl (C=O) groups excluding carboxylic acids is 1. The highest BCUT2D eigenvalue weighted by molar-refractivity contribution is 5.72. The minimum atomic E-state index is -0.425. The lowest BCUT2D eigenvalue weighted by atomic mass is 9.85. The van der Waals surface area contributed by atoms with E-state index in [0.717, 1.165) is 38.5 Å². The lowest BCUT2D eigenvalue weighted by Crippen LogP contribution is -2.27. The topological polar surface area (TPSA) is 46.5 Å². The number of carbonyl (C=O) groups is 1. The summed E-state index contributed by atoms with van der Waals surface area (Å²) >= 11 is 0. The van der Waals surface area contributed by atoms with Crippen LogP contribution in [0.2, 0.25) is 0 Å². The first-order valence-electron chi connectivity index (χ1n) is 12.3. The van der Waals surface area contributed by atoms with Gasteiger partial charge in [-0.25, -0.2) is 0 Å². The van der Waals surface area contributed by atoms with Gasteiger partial charge < -0.3 is 9.84 Å². The number of phenolic OH excluding ortho intramolecular Hbond substituents is 1. The summed E-state index contributed by atoms with van der Waals surface area (Å²) in [4.78, 5) is 12.3. The Labute approximate surface area is 195 Å². The van der Waals surface area contributed by atoms with Crippen molar-refractivity contribution in [2.24, 2.45) is 5.92 Å². The predicted molar refractivity (Wildman–Crippen MR) is 133 cm³/mol. The molecule has 0 fully saturated rings. The molecule has 0 aliphatic carbocycles. The van der Waals surface area contributed by atoms with E-state index in [1.165, 1.54) is 17.5 Å². The highest BCUT2D eigenvalue weighted by Gasteiger charge is 2.22. The van der Waals surface area contributed by atoms with Crippen LogP contribution in [0.15, 0.2) is 54.6 Å². The molecule has 0 saturated carbocycles. The van der Waals surface area contributed by atoms with Gasteiger partial charge >= 0.3 is 5.97 Å². The fraction of sp³-hybridized carbons (Fsp3) is 0.552. The Morgan fingerprint density at radius 3 is 1.94 bits per heavy atom. The summed E-state index contributed by atoms with van der Waals surface area (Å²) < 4.78 is 5.54. The first kappa shape index (κ1) is 26.0. The number of esters is 1. The Morgan fingerprint density at radius 2 is 1.38 bits per heavy atom. The molecule has 2 aromatic rings. The fourth-order valence-corrected chi connectivity index (χ4v) is 4.36. The molecule has 0 spiro atoms. The number of hydrogen-bond acceptors (Lipinski definition) is 3. The second-order valence-corrected chi connectivity index (χ2v) is 10.1. The van der Waals surface area contributed by atoms with E-state index >= 15 is 0 Å². The van der Waals surface area contributed by atoms with Crippen LogP contribution in [0.1, 0.15) is 103 Å². The minimum Gasteiger partial charge on any atom is -0.508 e. The number of phenols is 1. The van der Waals surface area contributed by atoms with E-state index < -0.39 is 5.60 Å². The molecule has 3 unspecified atom stereocenters. The van der Waals surface area contributed by atoms with E-state index in [0.29, 0.717) is 17.6 Å². The summed E-state index contributed by atoms with van der Waals surface area (Å²) in [5.74, 6) is 1.21. The van der Waals surface area contributed by atoms with Crippen LogP contribution in [0, 0.1) is 5.92 Å². The smallest absolute Gasteiger partial charge is 0.309 e. The molecule has 0 saturated heterocycles. The largest absolute Gasteiger partial charge is 0.508 e. The Hall–Kier alpha value is -2.29. The van der Waals surface area contributed by atoms with Crippen molar-refractivity contribution in [2.45, 2.75) is 97.0 Å². The standard InChI is InChI=1S/C29H42O3/c1-6-23(26-18-20-27(30)21-19-26)15-11-17-25(24-13-8-7-9-14-24)16-10-12-22(2)28(31)32-29(3,4)5/h7-9,13-14,18-23,25,30H,6,10-12,15-17H2,1-5H3. The van der Waals surface area contributed by atoms with Crippen LogP contribution in [-0.4, -0.2) is 16.7 Å². The van der Waals surface area contributed by atoms with E-state index in [1.807, 2.05) is 27.7 Å².